The van der Waals surface area contributed by atoms with Gasteiger partial charge in [0, 0.05) is 44.6 Å². The third-order valence-corrected chi connectivity index (χ3v) is 7.76. The number of nitrogens with one attached hydrogen (secondary N) is 3. The summed E-state index contributed by atoms with van der Waals surface area (Å²) in [7, 11) is 1.61. The summed E-state index contributed by atoms with van der Waals surface area (Å²) in [6, 6.07) is 20.5. The lowest BCUT2D eigenvalue weighted by Crippen LogP contribution is -2.48. The first-order chi connectivity index (χ1) is 21.2. The molecule has 0 radical (unpaired) electrons. The fourth-order valence-corrected chi connectivity index (χ4v) is 5.51. The maximum absolute atomic E-state index is 13.9. The van der Waals surface area contributed by atoms with Gasteiger partial charge >= 0.3 is 0 Å². The van der Waals surface area contributed by atoms with E-state index in [-0.39, 0.29) is 30.1 Å². The lowest BCUT2D eigenvalue weighted by Gasteiger charge is -2.26. The number of amides is 3. The number of rotatable bonds is 13. The fourth-order valence-electron chi connectivity index (χ4n) is 5.51. The second-order valence-corrected chi connectivity index (χ2v) is 11.6. The van der Waals surface area contributed by atoms with E-state index >= 15 is 0 Å². The van der Waals surface area contributed by atoms with Crippen molar-refractivity contribution in [2.24, 2.45) is 5.92 Å². The quantitative estimate of drug-likeness (QED) is 0.238. The van der Waals surface area contributed by atoms with Gasteiger partial charge in [0.1, 0.15) is 11.8 Å². The van der Waals surface area contributed by atoms with Crippen LogP contribution in [0.3, 0.4) is 0 Å². The smallest absolute Gasteiger partial charge is 0.251 e. The van der Waals surface area contributed by atoms with E-state index in [4.69, 9.17) is 4.74 Å². The molecule has 9 nitrogen and oxygen atoms in total. The maximum atomic E-state index is 13.9. The van der Waals surface area contributed by atoms with Crippen molar-refractivity contribution in [1.82, 2.24) is 20.9 Å². The number of aliphatic hydroxyl groups excluding tert-OH is 1. The predicted molar refractivity (Wildman–Crippen MR) is 171 cm³/mol. The summed E-state index contributed by atoms with van der Waals surface area (Å²) in [6.07, 6.45) is 0.181. The first kappa shape index (κ1) is 32.7. The Morgan fingerprint density at radius 3 is 2.48 bits per heavy atom. The van der Waals surface area contributed by atoms with E-state index in [1.807, 2.05) is 80.6 Å². The standard InChI is InChI=1S/C35H44N4O5/c1-5-37-34(42)31-9-7-6-8-30(31)26-12-10-25(11-13-26)21-39-22-27-14-15-29(44-4)17-28(27)18-32(35(39)43)38-33(41)16-23(2)19-36-20-24(3)40/h6-15,17,23-24,32,36,40H,5,16,18-22H2,1-4H3,(H,37,42)(H,38,41)/t23?,24-,32-/m1/s1. The van der Waals surface area contributed by atoms with Crippen LogP contribution in [0.2, 0.25) is 0 Å². The number of fused-ring (bicyclic) bond motifs is 1. The monoisotopic (exact) mass is 600 g/mol. The zero-order valence-electron chi connectivity index (χ0n) is 26.1. The van der Waals surface area contributed by atoms with Crippen molar-refractivity contribution in [2.45, 2.75) is 58.8 Å². The van der Waals surface area contributed by atoms with Crippen LogP contribution in [0.15, 0.2) is 66.7 Å². The van der Waals surface area contributed by atoms with E-state index in [2.05, 4.69) is 16.0 Å². The van der Waals surface area contributed by atoms with Crippen LogP contribution >= 0.6 is 0 Å². The molecule has 1 heterocycles. The van der Waals surface area contributed by atoms with Crippen LogP contribution in [0.4, 0.5) is 0 Å². The number of carbonyl (C=O) groups is 3. The molecule has 0 aromatic heterocycles. The molecule has 3 aromatic carbocycles. The summed E-state index contributed by atoms with van der Waals surface area (Å²) in [6.45, 7) is 7.95. The molecular formula is C35H44N4O5. The van der Waals surface area contributed by atoms with E-state index in [1.54, 1.807) is 18.9 Å². The largest absolute Gasteiger partial charge is 0.497 e. The van der Waals surface area contributed by atoms with Gasteiger partial charge in [-0.1, -0.05) is 55.5 Å². The Morgan fingerprint density at radius 1 is 1.02 bits per heavy atom. The van der Waals surface area contributed by atoms with Crippen LogP contribution in [0, 0.1) is 5.92 Å². The zero-order valence-corrected chi connectivity index (χ0v) is 26.1. The van der Waals surface area contributed by atoms with E-state index in [1.165, 1.54) is 0 Å². The molecule has 0 fully saturated rings. The van der Waals surface area contributed by atoms with E-state index in [0.29, 0.717) is 50.5 Å². The normalized spacial score (nSPS) is 16.0. The Kier molecular flexibility index (Phi) is 11.5. The van der Waals surface area contributed by atoms with Crippen molar-refractivity contribution in [2.75, 3.05) is 26.7 Å². The van der Waals surface area contributed by atoms with Crippen LogP contribution in [0.5, 0.6) is 5.75 Å². The molecule has 4 rings (SSSR count). The molecule has 0 saturated heterocycles. The second kappa shape index (κ2) is 15.5. The number of benzene rings is 3. The summed E-state index contributed by atoms with van der Waals surface area (Å²) in [5.74, 6) is 0.303. The third kappa shape index (κ3) is 8.67. The fraction of sp³-hybridized carbons (Fsp3) is 0.400. The molecule has 1 unspecified atom stereocenters. The van der Waals surface area contributed by atoms with Crippen LogP contribution in [0.25, 0.3) is 11.1 Å². The molecule has 44 heavy (non-hydrogen) atoms. The van der Waals surface area contributed by atoms with Crippen molar-refractivity contribution < 1.29 is 24.2 Å². The van der Waals surface area contributed by atoms with E-state index in [9.17, 15) is 19.5 Å². The minimum atomic E-state index is -0.711. The van der Waals surface area contributed by atoms with Gasteiger partial charge in [0.25, 0.3) is 5.91 Å². The summed E-state index contributed by atoms with van der Waals surface area (Å²) >= 11 is 0. The Morgan fingerprint density at radius 2 is 1.77 bits per heavy atom. The van der Waals surface area contributed by atoms with Crippen LogP contribution in [0.1, 0.15) is 54.2 Å². The highest BCUT2D eigenvalue weighted by atomic mass is 16.5. The predicted octanol–water partition coefficient (Wildman–Crippen LogP) is 3.68. The first-order valence-corrected chi connectivity index (χ1v) is 15.3. The molecule has 1 aliphatic heterocycles. The lowest BCUT2D eigenvalue weighted by molar-refractivity contribution is -0.137. The first-order valence-electron chi connectivity index (χ1n) is 15.3. The van der Waals surface area contributed by atoms with Crippen LogP contribution < -0.4 is 20.7 Å². The minimum absolute atomic E-state index is 0.0369. The SMILES string of the molecule is CCNC(=O)c1ccccc1-c1ccc(CN2Cc3ccc(OC)cc3C[C@@H](NC(=O)CC(C)CNC[C@@H](C)O)C2=O)cc1. The summed E-state index contributed by atoms with van der Waals surface area (Å²) in [4.78, 5) is 41.4. The second-order valence-electron chi connectivity index (χ2n) is 11.6. The van der Waals surface area contributed by atoms with Gasteiger partial charge in [-0.15, -0.1) is 0 Å². The van der Waals surface area contributed by atoms with Crippen molar-refractivity contribution in [1.29, 1.82) is 0 Å². The number of carbonyl (C=O) groups excluding carboxylic acids is 3. The highest BCUT2D eigenvalue weighted by Gasteiger charge is 2.31. The summed E-state index contributed by atoms with van der Waals surface area (Å²) in [5, 5.41) is 18.5. The highest BCUT2D eigenvalue weighted by Crippen LogP contribution is 2.27. The van der Waals surface area contributed by atoms with E-state index in [0.717, 1.165) is 27.8 Å². The molecule has 4 N–H and O–H groups in total. The van der Waals surface area contributed by atoms with Crippen molar-refractivity contribution >= 4 is 17.7 Å². The van der Waals surface area contributed by atoms with Gasteiger partial charge in [-0.2, -0.15) is 0 Å². The molecule has 0 spiro atoms. The molecule has 0 bridgehead atoms. The molecular weight excluding hydrogens is 556 g/mol. The Hall–Kier alpha value is -4.21. The van der Waals surface area contributed by atoms with Gasteiger partial charge in [0.2, 0.25) is 11.8 Å². The average Bonchev–Trinajstić information content (AvgIpc) is 3.12. The van der Waals surface area contributed by atoms with Crippen LogP contribution in [-0.2, 0) is 29.1 Å². The molecule has 3 aromatic rings. The molecule has 234 valence electrons. The third-order valence-electron chi connectivity index (χ3n) is 7.76. The number of hydrogen-bond donors (Lipinski definition) is 4. The highest BCUT2D eigenvalue weighted by molar-refractivity contribution is 6.00. The van der Waals surface area contributed by atoms with Crippen molar-refractivity contribution in [3.05, 3.63) is 89.0 Å². The number of methoxy groups -OCH3 is 1. The van der Waals surface area contributed by atoms with Gasteiger partial charge < -0.3 is 30.7 Å². The average molecular weight is 601 g/mol. The van der Waals surface area contributed by atoms with Gasteiger partial charge in [0.15, 0.2) is 0 Å². The summed E-state index contributed by atoms with van der Waals surface area (Å²) in [5.41, 5.74) is 5.30. The molecule has 0 saturated carbocycles. The number of hydrogen-bond acceptors (Lipinski definition) is 6. The molecule has 3 amide bonds. The number of nitrogens with zero attached hydrogens (tertiary/aromatic N) is 1. The lowest BCUT2D eigenvalue weighted by atomic mass is 9.98. The van der Waals surface area contributed by atoms with E-state index < -0.39 is 12.1 Å². The van der Waals surface area contributed by atoms with Gasteiger partial charge in [0.05, 0.1) is 13.2 Å². The Balaban J connectivity index is 1.52. The maximum Gasteiger partial charge on any atom is 0.251 e. The van der Waals surface area contributed by atoms with Gasteiger partial charge in [-0.3, -0.25) is 14.4 Å². The molecule has 3 atom stereocenters. The van der Waals surface area contributed by atoms with Crippen molar-refractivity contribution in [3.8, 4) is 16.9 Å². The number of ether oxygens (including phenoxy) is 1. The van der Waals surface area contributed by atoms with Crippen LogP contribution in [-0.4, -0.2) is 66.6 Å². The van der Waals surface area contributed by atoms with Crippen molar-refractivity contribution in [3.63, 3.8) is 0 Å². The molecule has 1 aliphatic rings. The Bertz CT molecular complexity index is 1440. The minimum Gasteiger partial charge on any atom is -0.497 e. The van der Waals surface area contributed by atoms with Gasteiger partial charge in [-0.05, 0) is 72.3 Å². The topological polar surface area (TPSA) is 120 Å². The molecule has 0 aliphatic carbocycles. The Labute approximate surface area is 260 Å². The molecule has 9 heteroatoms. The number of aliphatic hydroxyl groups is 1. The summed E-state index contributed by atoms with van der Waals surface area (Å²) < 4.78 is 5.44. The zero-order chi connectivity index (χ0) is 31.6. The van der Waals surface area contributed by atoms with Gasteiger partial charge in [-0.25, -0.2) is 0 Å².